The van der Waals surface area contributed by atoms with Crippen molar-refractivity contribution in [2.45, 2.75) is 37.1 Å². The van der Waals surface area contributed by atoms with Gasteiger partial charge in [0.2, 0.25) is 5.78 Å². The van der Waals surface area contributed by atoms with Crippen molar-refractivity contribution in [3.8, 4) is 0 Å². The Kier molecular flexibility index (Phi) is 4.30. The highest BCUT2D eigenvalue weighted by Gasteiger charge is 2.16. The van der Waals surface area contributed by atoms with Crippen LogP contribution in [0.3, 0.4) is 0 Å². The second kappa shape index (κ2) is 6.53. The van der Waals surface area contributed by atoms with Gasteiger partial charge in [-0.2, -0.15) is 0 Å². The largest absolute Gasteiger partial charge is 0.279 e. The normalized spacial score (nSPS) is 12.1. The molecular weight excluding hydrogens is 356 g/mol. The summed E-state index contributed by atoms with van der Waals surface area (Å²) in [6, 6.07) is 16.3. The number of fused-ring (bicyclic) bond motifs is 3. The van der Waals surface area contributed by atoms with E-state index >= 15 is 0 Å². The zero-order valence-corrected chi connectivity index (χ0v) is 16.7. The number of hydrogen-bond acceptors (Lipinski definition) is 4. The van der Waals surface area contributed by atoms with E-state index in [1.165, 1.54) is 11.1 Å². The molecule has 4 aromatic rings. The summed E-state index contributed by atoms with van der Waals surface area (Å²) in [7, 11) is 1.73. The van der Waals surface area contributed by atoms with Crippen LogP contribution in [-0.2, 0) is 18.2 Å². The first-order chi connectivity index (χ1) is 12.9. The Morgan fingerprint density at radius 1 is 1.00 bits per heavy atom. The van der Waals surface area contributed by atoms with Gasteiger partial charge in [-0.15, -0.1) is 10.2 Å². The standard InChI is InChI=1S/C21H22N4OS/c1-21(2,3)15-11-9-14(10-12-15)13-27-20-23-22-19-24(4)18(26)16-7-5-6-8-17(16)25(19)20/h5-12H,13H2,1-4H3. The summed E-state index contributed by atoms with van der Waals surface area (Å²) < 4.78 is 3.52. The van der Waals surface area contributed by atoms with E-state index in [0.29, 0.717) is 11.2 Å². The Morgan fingerprint density at radius 3 is 2.41 bits per heavy atom. The molecule has 2 aromatic heterocycles. The number of rotatable bonds is 3. The van der Waals surface area contributed by atoms with Crippen LogP contribution in [0.4, 0.5) is 0 Å². The molecule has 2 aromatic carbocycles. The first-order valence-electron chi connectivity index (χ1n) is 8.91. The third-order valence-corrected chi connectivity index (χ3v) is 5.78. The van der Waals surface area contributed by atoms with Gasteiger partial charge >= 0.3 is 0 Å². The number of para-hydroxylation sites is 1. The maximum absolute atomic E-state index is 12.5. The van der Waals surface area contributed by atoms with Crippen molar-refractivity contribution in [1.82, 2.24) is 19.2 Å². The summed E-state index contributed by atoms with van der Waals surface area (Å²) in [4.78, 5) is 12.5. The second-order valence-corrected chi connectivity index (χ2v) is 8.68. The van der Waals surface area contributed by atoms with Crippen molar-refractivity contribution in [3.05, 3.63) is 70.0 Å². The van der Waals surface area contributed by atoms with Crippen molar-refractivity contribution in [2.75, 3.05) is 0 Å². The fourth-order valence-corrected chi connectivity index (χ4v) is 4.05. The predicted molar refractivity (Wildman–Crippen MR) is 110 cm³/mol. The van der Waals surface area contributed by atoms with Crippen LogP contribution < -0.4 is 5.56 Å². The molecule has 27 heavy (non-hydrogen) atoms. The fraction of sp³-hybridized carbons (Fsp3) is 0.286. The summed E-state index contributed by atoms with van der Waals surface area (Å²) >= 11 is 1.63. The minimum Gasteiger partial charge on any atom is -0.279 e. The lowest BCUT2D eigenvalue weighted by molar-refractivity contribution is 0.590. The van der Waals surface area contributed by atoms with Crippen LogP contribution in [0.25, 0.3) is 16.7 Å². The molecule has 0 atom stereocenters. The highest BCUT2D eigenvalue weighted by Crippen LogP contribution is 2.26. The van der Waals surface area contributed by atoms with Gasteiger partial charge in [0, 0.05) is 12.8 Å². The first kappa shape index (κ1) is 17.8. The Hall–Kier alpha value is -2.60. The molecule has 4 rings (SSSR count). The monoisotopic (exact) mass is 378 g/mol. The summed E-state index contributed by atoms with van der Waals surface area (Å²) in [6.07, 6.45) is 0. The minimum absolute atomic E-state index is 0.0557. The van der Waals surface area contributed by atoms with E-state index in [0.717, 1.165) is 16.4 Å². The van der Waals surface area contributed by atoms with E-state index in [-0.39, 0.29) is 11.0 Å². The quantitative estimate of drug-likeness (QED) is 0.502. The molecule has 0 saturated heterocycles. The molecular formula is C21H22N4OS. The molecule has 0 N–H and O–H groups in total. The van der Waals surface area contributed by atoms with E-state index in [9.17, 15) is 4.79 Å². The van der Waals surface area contributed by atoms with Gasteiger partial charge < -0.3 is 0 Å². The molecule has 138 valence electrons. The van der Waals surface area contributed by atoms with Crippen LogP contribution in [0.15, 0.2) is 58.5 Å². The summed E-state index contributed by atoms with van der Waals surface area (Å²) in [5.41, 5.74) is 3.49. The van der Waals surface area contributed by atoms with E-state index in [1.807, 2.05) is 28.7 Å². The molecule has 0 aliphatic carbocycles. The summed E-state index contributed by atoms with van der Waals surface area (Å²) in [5.74, 6) is 1.35. The van der Waals surface area contributed by atoms with Crippen LogP contribution in [0.2, 0.25) is 0 Å². The summed E-state index contributed by atoms with van der Waals surface area (Å²) in [6.45, 7) is 6.65. The van der Waals surface area contributed by atoms with Gasteiger partial charge in [-0.25, -0.2) is 0 Å². The topological polar surface area (TPSA) is 52.2 Å². The molecule has 2 heterocycles. The average Bonchev–Trinajstić information content (AvgIpc) is 3.08. The number of aryl methyl sites for hydroxylation is 1. The number of nitrogens with zero attached hydrogens (tertiary/aromatic N) is 4. The number of hydrogen-bond donors (Lipinski definition) is 0. The fourth-order valence-electron chi connectivity index (χ4n) is 3.15. The van der Waals surface area contributed by atoms with Gasteiger partial charge in [-0.05, 0) is 28.7 Å². The van der Waals surface area contributed by atoms with Crippen LogP contribution in [0.5, 0.6) is 0 Å². The molecule has 0 amide bonds. The van der Waals surface area contributed by atoms with Gasteiger partial charge in [0.15, 0.2) is 5.16 Å². The van der Waals surface area contributed by atoms with Crippen LogP contribution in [0, 0.1) is 0 Å². The Balaban J connectivity index is 1.70. The van der Waals surface area contributed by atoms with Gasteiger partial charge in [-0.3, -0.25) is 13.8 Å². The van der Waals surface area contributed by atoms with E-state index < -0.39 is 0 Å². The third kappa shape index (κ3) is 3.14. The highest BCUT2D eigenvalue weighted by molar-refractivity contribution is 7.98. The maximum Gasteiger partial charge on any atom is 0.262 e. The maximum atomic E-state index is 12.5. The van der Waals surface area contributed by atoms with Gasteiger partial charge in [0.1, 0.15) is 0 Å². The van der Waals surface area contributed by atoms with Gasteiger partial charge in [-0.1, -0.05) is 68.9 Å². The predicted octanol–water partition coefficient (Wildman–Crippen LogP) is 4.17. The molecule has 0 saturated carbocycles. The zero-order valence-electron chi connectivity index (χ0n) is 15.9. The third-order valence-electron chi connectivity index (χ3n) is 4.78. The van der Waals surface area contributed by atoms with Crippen LogP contribution in [-0.4, -0.2) is 19.2 Å². The van der Waals surface area contributed by atoms with Crippen molar-refractivity contribution >= 4 is 28.4 Å². The number of thioether (sulfide) groups is 1. The van der Waals surface area contributed by atoms with Crippen LogP contribution in [0.1, 0.15) is 31.9 Å². The number of benzene rings is 2. The van der Waals surface area contributed by atoms with Gasteiger partial charge in [0.25, 0.3) is 5.56 Å². The Bertz CT molecular complexity index is 1180. The van der Waals surface area contributed by atoms with E-state index in [2.05, 4.69) is 55.2 Å². The molecule has 0 aliphatic rings. The van der Waals surface area contributed by atoms with E-state index in [4.69, 9.17) is 0 Å². The molecule has 0 aliphatic heterocycles. The van der Waals surface area contributed by atoms with Crippen molar-refractivity contribution in [2.24, 2.45) is 7.05 Å². The first-order valence-corrected chi connectivity index (χ1v) is 9.90. The SMILES string of the molecule is Cn1c(=O)c2ccccc2n2c(SCc3ccc(C(C)(C)C)cc3)nnc12. The van der Waals surface area contributed by atoms with E-state index in [1.54, 1.807) is 23.4 Å². The Morgan fingerprint density at radius 2 is 1.70 bits per heavy atom. The lowest BCUT2D eigenvalue weighted by Crippen LogP contribution is -2.20. The lowest BCUT2D eigenvalue weighted by atomic mass is 9.87. The molecule has 0 fully saturated rings. The molecule has 0 radical (unpaired) electrons. The molecule has 5 nitrogen and oxygen atoms in total. The van der Waals surface area contributed by atoms with Crippen molar-refractivity contribution in [1.29, 1.82) is 0 Å². The molecule has 0 spiro atoms. The Labute approximate surface area is 162 Å². The van der Waals surface area contributed by atoms with Gasteiger partial charge in [0.05, 0.1) is 10.9 Å². The zero-order chi connectivity index (χ0) is 19.2. The van der Waals surface area contributed by atoms with Crippen LogP contribution >= 0.6 is 11.8 Å². The average molecular weight is 379 g/mol. The molecule has 0 bridgehead atoms. The molecule has 0 unspecified atom stereocenters. The second-order valence-electron chi connectivity index (χ2n) is 7.73. The van der Waals surface area contributed by atoms with Crippen molar-refractivity contribution in [3.63, 3.8) is 0 Å². The molecule has 6 heteroatoms. The summed E-state index contributed by atoms with van der Waals surface area (Å²) in [5, 5.41) is 10.0. The smallest absolute Gasteiger partial charge is 0.262 e. The van der Waals surface area contributed by atoms with Crippen molar-refractivity contribution < 1.29 is 0 Å². The minimum atomic E-state index is -0.0557. The lowest BCUT2D eigenvalue weighted by Gasteiger charge is -2.19. The number of aromatic nitrogens is 4. The highest BCUT2D eigenvalue weighted by atomic mass is 32.2.